The van der Waals surface area contributed by atoms with Crippen molar-refractivity contribution in [3.8, 4) is 0 Å². The number of pyridine rings is 1. The Balaban J connectivity index is 2.84. The third-order valence-electron chi connectivity index (χ3n) is 2.25. The fraction of sp³-hybridized carbons (Fsp3) is 0.455. The van der Waals surface area contributed by atoms with Crippen molar-refractivity contribution in [2.24, 2.45) is 0 Å². The molecule has 1 heterocycles. The van der Waals surface area contributed by atoms with Crippen molar-refractivity contribution in [1.82, 2.24) is 4.98 Å². The van der Waals surface area contributed by atoms with Crippen LogP contribution in [-0.4, -0.2) is 54.6 Å². The molecule has 0 atom stereocenters. The molecule has 0 aliphatic heterocycles. The highest BCUT2D eigenvalue weighted by molar-refractivity contribution is 5.88. The van der Waals surface area contributed by atoms with Crippen molar-refractivity contribution in [1.29, 1.82) is 0 Å². The quantitative estimate of drug-likeness (QED) is 0.709. The average Bonchev–Trinajstić information content (AvgIpc) is 2.34. The Morgan fingerprint density at radius 3 is 2.88 bits per heavy atom. The summed E-state index contributed by atoms with van der Waals surface area (Å²) >= 11 is 0. The van der Waals surface area contributed by atoms with E-state index >= 15 is 0 Å². The highest BCUT2D eigenvalue weighted by atomic mass is 16.5. The summed E-state index contributed by atoms with van der Waals surface area (Å²) in [6, 6.07) is 2.91. The Labute approximate surface area is 99.5 Å². The second kappa shape index (κ2) is 6.82. The molecule has 1 aromatic rings. The molecule has 94 valence electrons. The molecule has 1 rings (SSSR count). The van der Waals surface area contributed by atoms with Gasteiger partial charge in [0.2, 0.25) is 0 Å². The smallest absolute Gasteiger partial charge is 0.335 e. The summed E-state index contributed by atoms with van der Waals surface area (Å²) in [6.45, 7) is 1.40. The van der Waals surface area contributed by atoms with Gasteiger partial charge in [0.15, 0.2) is 0 Å². The van der Waals surface area contributed by atoms with Crippen LogP contribution in [0, 0.1) is 0 Å². The maximum absolute atomic E-state index is 10.8. The maximum Gasteiger partial charge on any atom is 0.335 e. The lowest BCUT2D eigenvalue weighted by Gasteiger charge is -2.22. The predicted molar refractivity (Wildman–Crippen MR) is 62.4 cm³/mol. The van der Waals surface area contributed by atoms with Gasteiger partial charge in [-0.05, 0) is 12.1 Å². The van der Waals surface area contributed by atoms with Crippen molar-refractivity contribution in [3.05, 3.63) is 23.9 Å². The van der Waals surface area contributed by atoms with E-state index in [1.54, 1.807) is 12.0 Å². The largest absolute Gasteiger partial charge is 0.478 e. The maximum atomic E-state index is 10.8. The third kappa shape index (κ3) is 4.01. The molecular formula is C11H16N2O4. The summed E-state index contributed by atoms with van der Waals surface area (Å²) in [5, 5.41) is 17.8. The van der Waals surface area contributed by atoms with Crippen LogP contribution < -0.4 is 4.90 Å². The van der Waals surface area contributed by atoms with Gasteiger partial charge in [-0.3, -0.25) is 0 Å². The SMILES string of the molecule is COCCN(CCO)c1cc(C(=O)O)ccn1. The molecule has 0 aromatic carbocycles. The molecule has 17 heavy (non-hydrogen) atoms. The van der Waals surface area contributed by atoms with E-state index < -0.39 is 5.97 Å². The summed E-state index contributed by atoms with van der Waals surface area (Å²) < 4.78 is 4.95. The minimum absolute atomic E-state index is 0.0251. The Hall–Kier alpha value is -1.66. The van der Waals surface area contributed by atoms with E-state index in [1.807, 2.05) is 0 Å². The first-order chi connectivity index (χ1) is 8.19. The van der Waals surface area contributed by atoms with E-state index in [9.17, 15) is 4.79 Å². The van der Waals surface area contributed by atoms with Gasteiger partial charge in [0.1, 0.15) is 5.82 Å². The molecule has 0 aliphatic carbocycles. The fourth-order valence-electron chi connectivity index (χ4n) is 1.39. The predicted octanol–water partition coefficient (Wildman–Crippen LogP) is 0.225. The van der Waals surface area contributed by atoms with Gasteiger partial charge in [-0.2, -0.15) is 0 Å². The number of anilines is 1. The number of methoxy groups -OCH3 is 1. The van der Waals surface area contributed by atoms with Crippen LogP contribution in [0.1, 0.15) is 10.4 Å². The first kappa shape index (κ1) is 13.4. The van der Waals surface area contributed by atoms with Gasteiger partial charge in [0.05, 0.1) is 18.8 Å². The van der Waals surface area contributed by atoms with Gasteiger partial charge in [-0.15, -0.1) is 0 Å². The van der Waals surface area contributed by atoms with Crippen molar-refractivity contribution in [2.45, 2.75) is 0 Å². The monoisotopic (exact) mass is 240 g/mol. The number of aromatic carboxylic acids is 1. The van der Waals surface area contributed by atoms with Crippen molar-refractivity contribution < 1.29 is 19.7 Å². The molecular weight excluding hydrogens is 224 g/mol. The Morgan fingerprint density at radius 2 is 2.29 bits per heavy atom. The molecule has 0 spiro atoms. The van der Waals surface area contributed by atoms with Crippen LogP contribution in [0.4, 0.5) is 5.82 Å². The van der Waals surface area contributed by atoms with Crippen LogP contribution in [0.25, 0.3) is 0 Å². The van der Waals surface area contributed by atoms with Gasteiger partial charge >= 0.3 is 5.97 Å². The van der Waals surface area contributed by atoms with Gasteiger partial charge < -0.3 is 19.8 Å². The van der Waals surface area contributed by atoms with E-state index in [0.717, 1.165) is 0 Å². The van der Waals surface area contributed by atoms with Crippen molar-refractivity contribution >= 4 is 11.8 Å². The molecule has 0 radical (unpaired) electrons. The van der Waals surface area contributed by atoms with Crippen LogP contribution in [0.5, 0.6) is 0 Å². The van der Waals surface area contributed by atoms with Crippen molar-refractivity contribution in [2.75, 3.05) is 38.3 Å². The van der Waals surface area contributed by atoms with Gasteiger partial charge in [-0.1, -0.05) is 0 Å². The van der Waals surface area contributed by atoms with Gasteiger partial charge in [0, 0.05) is 26.4 Å². The van der Waals surface area contributed by atoms with E-state index in [4.69, 9.17) is 14.9 Å². The molecule has 6 nitrogen and oxygen atoms in total. The Bertz CT molecular complexity index is 370. The van der Waals surface area contributed by atoms with Crippen molar-refractivity contribution in [3.63, 3.8) is 0 Å². The fourth-order valence-corrected chi connectivity index (χ4v) is 1.39. The minimum atomic E-state index is -0.996. The standard InChI is InChI=1S/C11H16N2O4/c1-17-7-5-13(4-6-14)10-8-9(11(15)16)2-3-12-10/h2-3,8,14H,4-7H2,1H3,(H,15,16). The van der Waals surface area contributed by atoms with E-state index in [0.29, 0.717) is 25.5 Å². The zero-order chi connectivity index (χ0) is 12.7. The summed E-state index contributed by atoms with van der Waals surface area (Å²) in [5.41, 5.74) is 0.176. The first-order valence-electron chi connectivity index (χ1n) is 5.23. The number of carboxylic acids is 1. The van der Waals surface area contributed by atoms with Gasteiger partial charge in [-0.25, -0.2) is 9.78 Å². The second-order valence-electron chi connectivity index (χ2n) is 3.41. The van der Waals surface area contributed by atoms with E-state index in [2.05, 4.69) is 4.98 Å². The highest BCUT2D eigenvalue weighted by Crippen LogP contribution is 2.12. The zero-order valence-electron chi connectivity index (χ0n) is 9.67. The van der Waals surface area contributed by atoms with Crippen LogP contribution >= 0.6 is 0 Å². The zero-order valence-corrected chi connectivity index (χ0v) is 9.67. The minimum Gasteiger partial charge on any atom is -0.478 e. The summed E-state index contributed by atoms with van der Waals surface area (Å²) in [7, 11) is 1.58. The summed E-state index contributed by atoms with van der Waals surface area (Å²) in [6.07, 6.45) is 1.44. The number of aliphatic hydroxyl groups excluding tert-OH is 1. The first-order valence-corrected chi connectivity index (χ1v) is 5.23. The van der Waals surface area contributed by atoms with Crippen LogP contribution in [-0.2, 0) is 4.74 Å². The molecule has 0 aliphatic rings. The van der Waals surface area contributed by atoms with Crippen LogP contribution in [0.2, 0.25) is 0 Å². The number of hydrogen-bond acceptors (Lipinski definition) is 5. The summed E-state index contributed by atoms with van der Waals surface area (Å²) in [5.74, 6) is -0.472. The number of aliphatic hydroxyl groups is 1. The van der Waals surface area contributed by atoms with Crippen LogP contribution in [0.3, 0.4) is 0 Å². The summed E-state index contributed by atoms with van der Waals surface area (Å²) in [4.78, 5) is 16.7. The molecule has 1 aromatic heterocycles. The number of aromatic nitrogens is 1. The molecule has 0 amide bonds. The number of hydrogen-bond donors (Lipinski definition) is 2. The third-order valence-corrected chi connectivity index (χ3v) is 2.25. The number of carboxylic acid groups (broad SMARTS) is 1. The Kier molecular flexibility index (Phi) is 5.38. The highest BCUT2D eigenvalue weighted by Gasteiger charge is 2.10. The topological polar surface area (TPSA) is 82.9 Å². The number of carbonyl (C=O) groups is 1. The number of ether oxygens (including phenoxy) is 1. The van der Waals surface area contributed by atoms with Crippen LogP contribution in [0.15, 0.2) is 18.3 Å². The van der Waals surface area contributed by atoms with E-state index in [-0.39, 0.29) is 12.2 Å². The lowest BCUT2D eigenvalue weighted by Crippen LogP contribution is -2.31. The molecule has 0 saturated carbocycles. The molecule has 2 N–H and O–H groups in total. The number of nitrogens with zero attached hydrogens (tertiary/aromatic N) is 2. The molecule has 0 bridgehead atoms. The molecule has 0 unspecified atom stereocenters. The van der Waals surface area contributed by atoms with E-state index in [1.165, 1.54) is 18.3 Å². The van der Waals surface area contributed by atoms with Gasteiger partial charge in [0.25, 0.3) is 0 Å². The Morgan fingerprint density at radius 1 is 1.53 bits per heavy atom. The normalized spacial score (nSPS) is 10.2. The lowest BCUT2D eigenvalue weighted by molar-refractivity contribution is 0.0697. The second-order valence-corrected chi connectivity index (χ2v) is 3.41. The molecule has 0 fully saturated rings. The lowest BCUT2D eigenvalue weighted by atomic mass is 10.2. The average molecular weight is 240 g/mol. The molecule has 0 saturated heterocycles. The number of rotatable bonds is 7. The molecule has 6 heteroatoms.